The summed E-state index contributed by atoms with van der Waals surface area (Å²) in [6.07, 6.45) is 5.03. The zero-order chi connectivity index (χ0) is 17.3. The summed E-state index contributed by atoms with van der Waals surface area (Å²) in [5.74, 6) is -0.150. The Labute approximate surface area is 138 Å². The Morgan fingerprint density at radius 2 is 1.88 bits per heavy atom. The van der Waals surface area contributed by atoms with Crippen molar-refractivity contribution in [3.63, 3.8) is 0 Å². The molecule has 120 valence electrons. The highest BCUT2D eigenvalue weighted by atomic mass is 16.1. The second-order valence-corrected chi connectivity index (χ2v) is 5.44. The molecule has 7 nitrogen and oxygen atoms in total. The van der Waals surface area contributed by atoms with Gasteiger partial charge in [-0.25, -0.2) is 9.97 Å². The van der Waals surface area contributed by atoms with Gasteiger partial charge in [0.05, 0.1) is 11.9 Å². The van der Waals surface area contributed by atoms with Gasteiger partial charge in [0.25, 0.3) is 0 Å². The number of rotatable bonds is 4. The van der Waals surface area contributed by atoms with E-state index in [1.807, 2.05) is 6.92 Å². The highest BCUT2D eigenvalue weighted by Gasteiger charge is 2.13. The number of aromatic nitrogens is 4. The fourth-order valence-corrected chi connectivity index (χ4v) is 2.33. The first kappa shape index (κ1) is 15.5. The second kappa shape index (κ2) is 6.04. The fourth-order valence-electron chi connectivity index (χ4n) is 2.33. The normalized spacial score (nSPS) is 10.6. The van der Waals surface area contributed by atoms with E-state index in [4.69, 9.17) is 11.1 Å². The van der Waals surface area contributed by atoms with Crippen LogP contribution in [0.15, 0.2) is 42.9 Å². The van der Waals surface area contributed by atoms with Crippen LogP contribution in [0, 0.1) is 12.3 Å². The number of aryl methyl sites for hydroxylation is 2. The Kier molecular flexibility index (Phi) is 3.91. The SMILES string of the molecule is Cc1cnc(C(=N)c2cnn(C)c2)nc1-c1ccc(C(N)=O)cc1. The molecule has 0 saturated carbocycles. The van der Waals surface area contributed by atoms with Crippen molar-refractivity contribution in [2.75, 3.05) is 0 Å². The highest BCUT2D eigenvalue weighted by molar-refractivity contribution is 6.08. The summed E-state index contributed by atoms with van der Waals surface area (Å²) in [4.78, 5) is 19.9. The molecule has 24 heavy (non-hydrogen) atoms. The van der Waals surface area contributed by atoms with Crippen LogP contribution in [0.25, 0.3) is 11.3 Å². The van der Waals surface area contributed by atoms with Crippen molar-refractivity contribution in [2.24, 2.45) is 12.8 Å². The molecule has 7 heteroatoms. The summed E-state index contributed by atoms with van der Waals surface area (Å²) in [5.41, 5.74) is 8.98. The van der Waals surface area contributed by atoms with Crippen molar-refractivity contribution in [1.82, 2.24) is 19.7 Å². The predicted octanol–water partition coefficient (Wildman–Crippen LogP) is 1.70. The molecule has 0 atom stereocenters. The standard InChI is InChI=1S/C17H16N6O/c1-10-7-20-17(14(18)13-8-21-23(2)9-13)22-15(10)11-3-5-12(6-4-11)16(19)24/h3-9,18H,1-2H3,(H2,19,24). The molecule has 0 aliphatic rings. The van der Waals surface area contributed by atoms with Gasteiger partial charge in [0.1, 0.15) is 5.71 Å². The summed E-state index contributed by atoms with van der Waals surface area (Å²) in [6.45, 7) is 1.90. The van der Waals surface area contributed by atoms with E-state index in [9.17, 15) is 4.79 Å². The zero-order valence-corrected chi connectivity index (χ0v) is 13.3. The van der Waals surface area contributed by atoms with Gasteiger partial charge >= 0.3 is 0 Å². The summed E-state index contributed by atoms with van der Waals surface area (Å²) in [6, 6.07) is 6.89. The minimum atomic E-state index is -0.472. The van der Waals surface area contributed by atoms with Gasteiger partial charge in [-0.1, -0.05) is 12.1 Å². The third-order valence-electron chi connectivity index (χ3n) is 3.63. The Hall–Kier alpha value is -3.35. The van der Waals surface area contributed by atoms with E-state index in [1.54, 1.807) is 54.6 Å². The number of nitrogens with one attached hydrogen (secondary N) is 1. The minimum absolute atomic E-state index is 0.207. The van der Waals surface area contributed by atoms with Crippen LogP contribution in [0.3, 0.4) is 0 Å². The average Bonchev–Trinajstić information content (AvgIpc) is 3.01. The molecular formula is C17H16N6O. The van der Waals surface area contributed by atoms with Gasteiger partial charge in [-0.15, -0.1) is 0 Å². The van der Waals surface area contributed by atoms with Gasteiger partial charge in [-0.05, 0) is 24.6 Å². The van der Waals surface area contributed by atoms with E-state index in [-0.39, 0.29) is 5.71 Å². The lowest BCUT2D eigenvalue weighted by Crippen LogP contribution is -2.10. The van der Waals surface area contributed by atoms with Crippen LogP contribution < -0.4 is 5.73 Å². The predicted molar refractivity (Wildman–Crippen MR) is 89.9 cm³/mol. The number of hydrogen-bond donors (Lipinski definition) is 2. The molecule has 0 fully saturated rings. The third-order valence-corrected chi connectivity index (χ3v) is 3.63. The van der Waals surface area contributed by atoms with Crippen molar-refractivity contribution in [3.05, 3.63) is 65.4 Å². The van der Waals surface area contributed by atoms with Crippen molar-refractivity contribution in [2.45, 2.75) is 6.92 Å². The summed E-state index contributed by atoms with van der Waals surface area (Å²) >= 11 is 0. The number of carbonyl (C=O) groups is 1. The van der Waals surface area contributed by atoms with E-state index in [0.29, 0.717) is 22.6 Å². The smallest absolute Gasteiger partial charge is 0.248 e. The van der Waals surface area contributed by atoms with E-state index >= 15 is 0 Å². The van der Waals surface area contributed by atoms with Gasteiger partial charge < -0.3 is 5.73 Å². The van der Waals surface area contributed by atoms with Gasteiger partial charge in [-0.3, -0.25) is 14.9 Å². The van der Waals surface area contributed by atoms with Crippen molar-refractivity contribution in [1.29, 1.82) is 5.41 Å². The number of primary amides is 1. The molecule has 0 unspecified atom stereocenters. The molecule has 1 amide bonds. The molecule has 3 N–H and O–H groups in total. The fraction of sp³-hybridized carbons (Fsp3) is 0.118. The molecule has 0 bridgehead atoms. The third kappa shape index (κ3) is 2.91. The van der Waals surface area contributed by atoms with Crippen LogP contribution in [0.5, 0.6) is 0 Å². The second-order valence-electron chi connectivity index (χ2n) is 5.44. The molecule has 1 aromatic carbocycles. The maximum absolute atomic E-state index is 11.2. The van der Waals surface area contributed by atoms with E-state index in [1.165, 1.54) is 0 Å². The lowest BCUT2D eigenvalue weighted by Gasteiger charge is -2.08. The maximum Gasteiger partial charge on any atom is 0.248 e. The molecule has 0 radical (unpaired) electrons. The van der Waals surface area contributed by atoms with Gasteiger partial charge in [-0.2, -0.15) is 5.10 Å². The average molecular weight is 320 g/mol. The Morgan fingerprint density at radius 3 is 2.46 bits per heavy atom. The lowest BCUT2D eigenvalue weighted by molar-refractivity contribution is 0.100. The molecule has 3 rings (SSSR count). The first-order chi connectivity index (χ1) is 11.5. The van der Waals surface area contributed by atoms with Crippen LogP contribution in [-0.4, -0.2) is 31.4 Å². The molecule has 0 spiro atoms. The number of hydrogen-bond acceptors (Lipinski definition) is 5. The van der Waals surface area contributed by atoms with E-state index < -0.39 is 5.91 Å². The molecule has 0 aliphatic heterocycles. The first-order valence-corrected chi connectivity index (χ1v) is 7.27. The summed E-state index contributed by atoms with van der Waals surface area (Å²) in [7, 11) is 1.79. The number of benzene rings is 1. The topological polar surface area (TPSA) is 111 Å². The van der Waals surface area contributed by atoms with Crippen LogP contribution in [0.1, 0.15) is 27.3 Å². The molecule has 2 heterocycles. The zero-order valence-electron chi connectivity index (χ0n) is 13.3. The van der Waals surface area contributed by atoms with Crippen LogP contribution in [0.2, 0.25) is 0 Å². The van der Waals surface area contributed by atoms with Gasteiger partial charge in [0, 0.05) is 36.1 Å². The first-order valence-electron chi connectivity index (χ1n) is 7.27. The van der Waals surface area contributed by atoms with Crippen LogP contribution >= 0.6 is 0 Å². The number of nitrogens with two attached hydrogens (primary N) is 1. The number of carbonyl (C=O) groups excluding carboxylic acids is 1. The van der Waals surface area contributed by atoms with Crippen molar-refractivity contribution >= 4 is 11.6 Å². The van der Waals surface area contributed by atoms with Gasteiger partial charge in [0.15, 0.2) is 5.82 Å². The van der Waals surface area contributed by atoms with Gasteiger partial charge in [0.2, 0.25) is 5.91 Å². The quantitative estimate of drug-likeness (QED) is 0.713. The van der Waals surface area contributed by atoms with E-state index in [0.717, 1.165) is 11.1 Å². The minimum Gasteiger partial charge on any atom is -0.366 e. The molecule has 0 aliphatic carbocycles. The largest absolute Gasteiger partial charge is 0.366 e. The molecular weight excluding hydrogens is 304 g/mol. The Morgan fingerprint density at radius 1 is 1.17 bits per heavy atom. The summed E-state index contributed by atoms with van der Waals surface area (Å²) < 4.78 is 1.63. The lowest BCUT2D eigenvalue weighted by atomic mass is 10.1. The van der Waals surface area contributed by atoms with Crippen LogP contribution in [-0.2, 0) is 7.05 Å². The molecule has 0 saturated heterocycles. The molecule has 3 aromatic rings. The van der Waals surface area contributed by atoms with Crippen molar-refractivity contribution < 1.29 is 4.79 Å². The van der Waals surface area contributed by atoms with Crippen LogP contribution in [0.4, 0.5) is 0 Å². The Balaban J connectivity index is 2.00. The number of amides is 1. The highest BCUT2D eigenvalue weighted by Crippen LogP contribution is 2.21. The summed E-state index contributed by atoms with van der Waals surface area (Å²) in [5, 5.41) is 12.3. The number of nitrogens with zero attached hydrogens (tertiary/aromatic N) is 4. The Bertz CT molecular complexity index is 927. The van der Waals surface area contributed by atoms with Crippen molar-refractivity contribution in [3.8, 4) is 11.3 Å². The maximum atomic E-state index is 11.2. The monoisotopic (exact) mass is 320 g/mol. The molecule has 2 aromatic heterocycles. The van der Waals surface area contributed by atoms with E-state index in [2.05, 4.69) is 15.1 Å².